The highest BCUT2D eigenvalue weighted by molar-refractivity contribution is 5.91. The average Bonchev–Trinajstić information content (AvgIpc) is 2.87. The minimum atomic E-state index is -0.361. The molecular weight excluding hydrogens is 268 g/mol. The molecule has 6 nitrogen and oxygen atoms in total. The van der Waals surface area contributed by atoms with Crippen LogP contribution in [0.5, 0.6) is 0 Å². The lowest BCUT2D eigenvalue weighted by molar-refractivity contribution is 0.0601. The minimum Gasteiger partial charge on any atom is -0.465 e. The van der Waals surface area contributed by atoms with Crippen LogP contribution in [0.4, 0.5) is 5.95 Å². The van der Waals surface area contributed by atoms with Gasteiger partial charge in [0, 0.05) is 11.8 Å². The number of aromatic nitrogens is 3. The Kier molecular flexibility index (Phi) is 3.06. The van der Waals surface area contributed by atoms with Gasteiger partial charge in [0.25, 0.3) is 0 Å². The standard InChI is InChI=1S/C15H14N4O2/c1-9-6-12(8-19-13(9)17-15(16)18-19)10-4-3-5-11(7-10)14(20)21-2/h3-8H,1-2H3,(H2,16,18). The molecule has 106 valence electrons. The topological polar surface area (TPSA) is 82.5 Å². The van der Waals surface area contributed by atoms with Gasteiger partial charge in [-0.25, -0.2) is 9.31 Å². The summed E-state index contributed by atoms with van der Waals surface area (Å²) in [5.41, 5.74) is 9.64. The summed E-state index contributed by atoms with van der Waals surface area (Å²) in [6.45, 7) is 1.94. The first kappa shape index (κ1) is 13.1. The second-order valence-corrected chi connectivity index (χ2v) is 4.72. The van der Waals surface area contributed by atoms with Crippen molar-refractivity contribution >= 4 is 17.6 Å². The lowest BCUT2D eigenvalue weighted by Gasteiger charge is -2.06. The zero-order chi connectivity index (χ0) is 15.0. The second-order valence-electron chi connectivity index (χ2n) is 4.72. The van der Waals surface area contributed by atoms with Gasteiger partial charge in [-0.15, -0.1) is 5.10 Å². The van der Waals surface area contributed by atoms with E-state index in [1.165, 1.54) is 7.11 Å². The molecular formula is C15H14N4O2. The molecule has 0 amide bonds. The number of anilines is 1. The summed E-state index contributed by atoms with van der Waals surface area (Å²) in [6.07, 6.45) is 1.84. The molecule has 0 aliphatic heterocycles. The molecule has 2 aromatic heterocycles. The number of rotatable bonds is 2. The van der Waals surface area contributed by atoms with E-state index in [0.29, 0.717) is 5.56 Å². The summed E-state index contributed by atoms with van der Waals surface area (Å²) in [6, 6.07) is 9.23. The molecule has 0 atom stereocenters. The zero-order valence-electron chi connectivity index (χ0n) is 11.7. The minimum absolute atomic E-state index is 0.235. The van der Waals surface area contributed by atoms with E-state index in [1.54, 1.807) is 16.6 Å². The van der Waals surface area contributed by atoms with Crippen molar-refractivity contribution in [3.8, 4) is 11.1 Å². The van der Waals surface area contributed by atoms with Gasteiger partial charge in [0.05, 0.1) is 12.7 Å². The van der Waals surface area contributed by atoms with Crippen LogP contribution in [0.1, 0.15) is 15.9 Å². The number of carbonyl (C=O) groups excluding carboxylic acids is 1. The molecule has 0 saturated carbocycles. The molecule has 21 heavy (non-hydrogen) atoms. The molecule has 0 aliphatic carbocycles. The number of nitrogens with zero attached hydrogens (tertiary/aromatic N) is 3. The highest BCUT2D eigenvalue weighted by Gasteiger charge is 2.10. The lowest BCUT2D eigenvalue weighted by Crippen LogP contribution is -2.01. The third-order valence-electron chi connectivity index (χ3n) is 3.25. The number of hydrogen-bond acceptors (Lipinski definition) is 5. The highest BCUT2D eigenvalue weighted by Crippen LogP contribution is 2.23. The van der Waals surface area contributed by atoms with E-state index < -0.39 is 0 Å². The predicted molar refractivity (Wildman–Crippen MR) is 78.9 cm³/mol. The van der Waals surface area contributed by atoms with Crippen LogP contribution in [0.2, 0.25) is 0 Å². The van der Waals surface area contributed by atoms with Gasteiger partial charge in [0.15, 0.2) is 5.65 Å². The number of fused-ring (bicyclic) bond motifs is 1. The van der Waals surface area contributed by atoms with Crippen LogP contribution in [0.25, 0.3) is 16.8 Å². The van der Waals surface area contributed by atoms with Gasteiger partial charge in [0.2, 0.25) is 5.95 Å². The van der Waals surface area contributed by atoms with Crippen molar-refractivity contribution in [3.63, 3.8) is 0 Å². The van der Waals surface area contributed by atoms with E-state index in [2.05, 4.69) is 10.1 Å². The molecule has 0 saturated heterocycles. The summed E-state index contributed by atoms with van der Waals surface area (Å²) in [7, 11) is 1.36. The molecule has 0 aliphatic rings. The largest absolute Gasteiger partial charge is 0.465 e. The Morgan fingerprint density at radius 1 is 1.29 bits per heavy atom. The molecule has 3 aromatic rings. The van der Waals surface area contributed by atoms with Crippen LogP contribution in [0, 0.1) is 6.92 Å². The second kappa shape index (κ2) is 4.90. The summed E-state index contributed by atoms with van der Waals surface area (Å²) in [5, 5.41) is 4.13. The number of ether oxygens (including phenoxy) is 1. The van der Waals surface area contributed by atoms with Crippen molar-refractivity contribution in [1.29, 1.82) is 0 Å². The Balaban J connectivity index is 2.14. The molecule has 2 N–H and O–H groups in total. The first-order valence-corrected chi connectivity index (χ1v) is 6.40. The van der Waals surface area contributed by atoms with Crippen LogP contribution in [-0.2, 0) is 4.74 Å². The molecule has 0 fully saturated rings. The third-order valence-corrected chi connectivity index (χ3v) is 3.25. The van der Waals surface area contributed by atoms with Crippen molar-refractivity contribution < 1.29 is 9.53 Å². The fourth-order valence-electron chi connectivity index (χ4n) is 2.27. The molecule has 2 heterocycles. The summed E-state index contributed by atoms with van der Waals surface area (Å²) >= 11 is 0. The van der Waals surface area contributed by atoms with E-state index >= 15 is 0 Å². The summed E-state index contributed by atoms with van der Waals surface area (Å²) in [4.78, 5) is 15.8. The molecule has 1 aromatic carbocycles. The van der Waals surface area contributed by atoms with Crippen LogP contribution >= 0.6 is 0 Å². The van der Waals surface area contributed by atoms with Crippen LogP contribution in [0.15, 0.2) is 36.5 Å². The predicted octanol–water partition coefficient (Wildman–Crippen LogP) is 2.07. The lowest BCUT2D eigenvalue weighted by atomic mass is 10.0. The van der Waals surface area contributed by atoms with Gasteiger partial charge < -0.3 is 10.5 Å². The van der Waals surface area contributed by atoms with E-state index in [1.807, 2.05) is 31.3 Å². The third kappa shape index (κ3) is 2.31. The van der Waals surface area contributed by atoms with Crippen LogP contribution in [0.3, 0.4) is 0 Å². The normalized spacial score (nSPS) is 10.8. The molecule has 6 heteroatoms. The Labute approximate surface area is 121 Å². The maximum Gasteiger partial charge on any atom is 0.337 e. The van der Waals surface area contributed by atoms with Crippen LogP contribution in [-0.4, -0.2) is 27.7 Å². The van der Waals surface area contributed by atoms with Crippen LogP contribution < -0.4 is 5.73 Å². The maximum atomic E-state index is 11.6. The first-order chi connectivity index (χ1) is 10.1. The van der Waals surface area contributed by atoms with Gasteiger partial charge >= 0.3 is 5.97 Å². The van der Waals surface area contributed by atoms with Crippen molar-refractivity contribution in [2.45, 2.75) is 6.92 Å². The Morgan fingerprint density at radius 2 is 2.10 bits per heavy atom. The number of esters is 1. The Hall–Kier alpha value is -2.89. The Morgan fingerprint density at radius 3 is 2.86 bits per heavy atom. The highest BCUT2D eigenvalue weighted by atomic mass is 16.5. The molecule has 0 bridgehead atoms. The van der Waals surface area contributed by atoms with Gasteiger partial charge in [-0.2, -0.15) is 4.98 Å². The fraction of sp³-hybridized carbons (Fsp3) is 0.133. The smallest absolute Gasteiger partial charge is 0.337 e. The first-order valence-electron chi connectivity index (χ1n) is 6.40. The van der Waals surface area contributed by atoms with Gasteiger partial charge in [-0.3, -0.25) is 0 Å². The number of hydrogen-bond donors (Lipinski definition) is 1. The Bertz CT molecular complexity index is 839. The number of carbonyl (C=O) groups is 1. The van der Waals surface area contributed by atoms with Crippen molar-refractivity contribution in [2.75, 3.05) is 12.8 Å². The van der Waals surface area contributed by atoms with Crippen molar-refractivity contribution in [1.82, 2.24) is 14.6 Å². The summed E-state index contributed by atoms with van der Waals surface area (Å²) < 4.78 is 6.39. The number of benzene rings is 1. The fourth-order valence-corrected chi connectivity index (χ4v) is 2.27. The van der Waals surface area contributed by atoms with Crippen molar-refractivity contribution in [2.24, 2.45) is 0 Å². The number of pyridine rings is 1. The maximum absolute atomic E-state index is 11.6. The van der Waals surface area contributed by atoms with Crippen molar-refractivity contribution in [3.05, 3.63) is 47.7 Å². The summed E-state index contributed by atoms with van der Waals surface area (Å²) in [5.74, 6) is -0.127. The quantitative estimate of drug-likeness (QED) is 0.727. The number of nitrogen functional groups attached to an aromatic ring is 1. The molecule has 0 radical (unpaired) electrons. The molecule has 0 spiro atoms. The number of methoxy groups -OCH3 is 1. The van der Waals surface area contributed by atoms with Gasteiger partial charge in [-0.1, -0.05) is 12.1 Å². The van der Waals surface area contributed by atoms with Gasteiger partial charge in [0.1, 0.15) is 0 Å². The average molecular weight is 282 g/mol. The monoisotopic (exact) mass is 282 g/mol. The zero-order valence-corrected chi connectivity index (χ0v) is 11.7. The SMILES string of the molecule is COC(=O)c1cccc(-c2cc(C)c3nc(N)nn3c2)c1. The van der Waals surface area contributed by atoms with E-state index in [-0.39, 0.29) is 11.9 Å². The van der Waals surface area contributed by atoms with E-state index in [9.17, 15) is 4.79 Å². The van der Waals surface area contributed by atoms with E-state index in [0.717, 1.165) is 22.3 Å². The molecule has 3 rings (SSSR count). The number of aryl methyl sites for hydroxylation is 1. The van der Waals surface area contributed by atoms with Gasteiger partial charge in [-0.05, 0) is 36.2 Å². The van der Waals surface area contributed by atoms with E-state index in [4.69, 9.17) is 10.5 Å². The molecule has 0 unspecified atom stereocenters. The number of nitrogens with two attached hydrogens (primary N) is 1.